The maximum atomic E-state index is 3.82. The molecule has 1 N–H and O–H groups in total. The number of hydrogen-bond acceptors (Lipinski definition) is 2. The van der Waals surface area contributed by atoms with Crippen LogP contribution in [0.2, 0.25) is 0 Å². The van der Waals surface area contributed by atoms with Crippen molar-refractivity contribution in [3.05, 3.63) is 12.7 Å². The Morgan fingerprint density at radius 2 is 1.82 bits per heavy atom. The van der Waals surface area contributed by atoms with Crippen molar-refractivity contribution in [1.29, 1.82) is 0 Å². The molecule has 0 aliphatic carbocycles. The summed E-state index contributed by atoms with van der Waals surface area (Å²) < 4.78 is 0. The molecule has 0 aliphatic rings. The topological polar surface area (TPSA) is 15.3 Å². The number of unbranched alkanes of at least 4 members (excludes halogenated alkanes) is 3. The van der Waals surface area contributed by atoms with Gasteiger partial charge in [0, 0.05) is 12.6 Å². The highest BCUT2D eigenvalue weighted by molar-refractivity contribution is 4.75. The van der Waals surface area contributed by atoms with Gasteiger partial charge in [0.25, 0.3) is 0 Å². The Morgan fingerprint density at radius 1 is 1.12 bits per heavy atom. The molecule has 0 bridgehead atoms. The van der Waals surface area contributed by atoms with Gasteiger partial charge in [0.05, 0.1) is 0 Å². The van der Waals surface area contributed by atoms with Crippen LogP contribution < -0.4 is 5.32 Å². The maximum Gasteiger partial charge on any atom is 0.0163 e. The highest BCUT2D eigenvalue weighted by Gasteiger charge is 2.05. The minimum atomic E-state index is 0.638. The Balaban J connectivity index is 3.33. The van der Waals surface area contributed by atoms with E-state index in [1.54, 1.807) is 0 Å². The fourth-order valence-electron chi connectivity index (χ4n) is 1.95. The van der Waals surface area contributed by atoms with E-state index in [1.807, 2.05) is 6.08 Å². The molecule has 0 unspecified atom stereocenters. The number of rotatable bonds is 12. The van der Waals surface area contributed by atoms with Gasteiger partial charge < -0.3 is 5.32 Å². The van der Waals surface area contributed by atoms with Crippen molar-refractivity contribution >= 4 is 0 Å². The van der Waals surface area contributed by atoms with Gasteiger partial charge in [0.2, 0.25) is 0 Å². The third-order valence-electron chi connectivity index (χ3n) is 3.07. The molecule has 0 heterocycles. The van der Waals surface area contributed by atoms with Gasteiger partial charge in [-0.2, -0.15) is 0 Å². The zero-order chi connectivity index (χ0) is 12.9. The van der Waals surface area contributed by atoms with E-state index in [2.05, 4.69) is 37.6 Å². The molecule has 2 nitrogen and oxygen atoms in total. The Morgan fingerprint density at radius 3 is 2.41 bits per heavy atom. The van der Waals surface area contributed by atoms with Crippen LogP contribution in [-0.4, -0.2) is 37.1 Å². The summed E-state index contributed by atoms with van der Waals surface area (Å²) >= 11 is 0. The molecule has 0 spiro atoms. The standard InChI is InChI=1S/C15H32N2/c1-5-11-16-12-9-7-8-10-14-17(13-6-2)15(3)4/h6,15-16H,2,5,7-14H2,1,3-4H3. The van der Waals surface area contributed by atoms with Crippen molar-refractivity contribution in [2.24, 2.45) is 0 Å². The first-order valence-electron chi connectivity index (χ1n) is 7.28. The molecule has 0 aliphatic heterocycles. The molecular weight excluding hydrogens is 208 g/mol. The Bertz CT molecular complexity index is 166. The summed E-state index contributed by atoms with van der Waals surface area (Å²) in [5, 5.41) is 3.45. The molecule has 2 heteroatoms. The van der Waals surface area contributed by atoms with Gasteiger partial charge >= 0.3 is 0 Å². The Kier molecular flexibility index (Phi) is 11.9. The first-order valence-corrected chi connectivity index (χ1v) is 7.28. The van der Waals surface area contributed by atoms with Crippen molar-refractivity contribution in [3.8, 4) is 0 Å². The van der Waals surface area contributed by atoms with E-state index in [1.165, 1.54) is 51.7 Å². The van der Waals surface area contributed by atoms with E-state index in [0.717, 1.165) is 6.54 Å². The molecule has 0 saturated carbocycles. The summed E-state index contributed by atoms with van der Waals surface area (Å²) in [5.74, 6) is 0. The van der Waals surface area contributed by atoms with Crippen LogP contribution in [0.1, 0.15) is 52.9 Å². The SMILES string of the molecule is C=CCN(CCCCCCNCCC)C(C)C. The van der Waals surface area contributed by atoms with Crippen LogP contribution in [0, 0.1) is 0 Å². The zero-order valence-corrected chi connectivity index (χ0v) is 12.2. The van der Waals surface area contributed by atoms with Crippen LogP contribution in [0.5, 0.6) is 0 Å². The molecule has 102 valence electrons. The Labute approximate surface area is 108 Å². The highest BCUT2D eigenvalue weighted by atomic mass is 15.1. The molecular formula is C15H32N2. The van der Waals surface area contributed by atoms with Crippen LogP contribution in [0.15, 0.2) is 12.7 Å². The zero-order valence-electron chi connectivity index (χ0n) is 12.2. The maximum absolute atomic E-state index is 3.82. The molecule has 0 aromatic rings. The monoisotopic (exact) mass is 240 g/mol. The van der Waals surface area contributed by atoms with Crippen LogP contribution in [0.25, 0.3) is 0 Å². The lowest BCUT2D eigenvalue weighted by Gasteiger charge is -2.24. The van der Waals surface area contributed by atoms with Crippen molar-refractivity contribution in [3.63, 3.8) is 0 Å². The molecule has 0 radical (unpaired) electrons. The molecule has 0 atom stereocenters. The molecule has 0 rings (SSSR count). The second-order valence-corrected chi connectivity index (χ2v) is 5.04. The van der Waals surface area contributed by atoms with E-state index in [-0.39, 0.29) is 0 Å². The summed E-state index contributed by atoms with van der Waals surface area (Å²) in [4.78, 5) is 2.49. The fourth-order valence-corrected chi connectivity index (χ4v) is 1.95. The summed E-state index contributed by atoms with van der Waals surface area (Å²) in [6.45, 7) is 15.2. The third kappa shape index (κ3) is 10.5. The van der Waals surface area contributed by atoms with E-state index in [9.17, 15) is 0 Å². The van der Waals surface area contributed by atoms with E-state index >= 15 is 0 Å². The number of hydrogen-bond donors (Lipinski definition) is 1. The second-order valence-electron chi connectivity index (χ2n) is 5.04. The van der Waals surface area contributed by atoms with Crippen LogP contribution in [0.4, 0.5) is 0 Å². The summed E-state index contributed by atoms with van der Waals surface area (Å²) in [6.07, 6.45) is 8.60. The minimum absolute atomic E-state index is 0.638. The minimum Gasteiger partial charge on any atom is -0.317 e. The van der Waals surface area contributed by atoms with E-state index in [0.29, 0.717) is 6.04 Å². The van der Waals surface area contributed by atoms with Crippen molar-refractivity contribution in [2.75, 3.05) is 26.2 Å². The molecule has 0 amide bonds. The van der Waals surface area contributed by atoms with Gasteiger partial charge in [-0.15, -0.1) is 6.58 Å². The predicted molar refractivity (Wildman–Crippen MR) is 78.5 cm³/mol. The molecule has 0 fully saturated rings. The average Bonchev–Trinajstić information content (AvgIpc) is 2.31. The van der Waals surface area contributed by atoms with Gasteiger partial charge in [-0.3, -0.25) is 4.90 Å². The largest absolute Gasteiger partial charge is 0.317 e. The predicted octanol–water partition coefficient (Wildman–Crippen LogP) is 3.44. The quantitative estimate of drug-likeness (QED) is 0.415. The molecule has 17 heavy (non-hydrogen) atoms. The van der Waals surface area contributed by atoms with Gasteiger partial charge in [-0.25, -0.2) is 0 Å². The summed E-state index contributed by atoms with van der Waals surface area (Å²) in [7, 11) is 0. The fraction of sp³-hybridized carbons (Fsp3) is 0.867. The highest BCUT2D eigenvalue weighted by Crippen LogP contribution is 2.04. The molecule has 0 aromatic heterocycles. The Hall–Kier alpha value is -0.340. The summed E-state index contributed by atoms with van der Waals surface area (Å²) in [5.41, 5.74) is 0. The van der Waals surface area contributed by atoms with Gasteiger partial charge in [-0.1, -0.05) is 25.8 Å². The molecule has 0 aromatic carbocycles. The average molecular weight is 240 g/mol. The lowest BCUT2D eigenvalue weighted by atomic mass is 10.1. The van der Waals surface area contributed by atoms with Gasteiger partial charge in [-0.05, 0) is 52.7 Å². The first kappa shape index (κ1) is 16.7. The van der Waals surface area contributed by atoms with E-state index in [4.69, 9.17) is 0 Å². The van der Waals surface area contributed by atoms with Gasteiger partial charge in [0.1, 0.15) is 0 Å². The van der Waals surface area contributed by atoms with Crippen LogP contribution in [-0.2, 0) is 0 Å². The number of nitrogens with zero attached hydrogens (tertiary/aromatic N) is 1. The van der Waals surface area contributed by atoms with Crippen molar-refractivity contribution < 1.29 is 0 Å². The van der Waals surface area contributed by atoms with Gasteiger partial charge in [0.15, 0.2) is 0 Å². The molecule has 0 saturated heterocycles. The third-order valence-corrected chi connectivity index (χ3v) is 3.07. The number of nitrogens with one attached hydrogen (secondary N) is 1. The van der Waals surface area contributed by atoms with Crippen LogP contribution in [0.3, 0.4) is 0 Å². The first-order chi connectivity index (χ1) is 8.22. The van der Waals surface area contributed by atoms with Crippen LogP contribution >= 0.6 is 0 Å². The lowest BCUT2D eigenvalue weighted by molar-refractivity contribution is 0.240. The van der Waals surface area contributed by atoms with E-state index < -0.39 is 0 Å². The second kappa shape index (κ2) is 12.1. The lowest BCUT2D eigenvalue weighted by Crippen LogP contribution is -2.31. The normalized spacial score (nSPS) is 11.4. The smallest absolute Gasteiger partial charge is 0.0163 e. The van der Waals surface area contributed by atoms with Crippen molar-refractivity contribution in [1.82, 2.24) is 10.2 Å². The summed E-state index contributed by atoms with van der Waals surface area (Å²) in [6, 6.07) is 0.638. The van der Waals surface area contributed by atoms with Crippen molar-refractivity contribution in [2.45, 2.75) is 58.9 Å².